The average Bonchev–Trinajstić information content (AvgIpc) is 3.42. The van der Waals surface area contributed by atoms with Crippen LogP contribution in [0.25, 0.3) is 0 Å². The van der Waals surface area contributed by atoms with E-state index in [1.165, 1.54) is 25.7 Å². The topological polar surface area (TPSA) is 210 Å². The summed E-state index contributed by atoms with van der Waals surface area (Å²) in [7, 11) is 0. The van der Waals surface area contributed by atoms with Crippen molar-refractivity contribution < 1.29 is 76.3 Å². The zero-order valence-electron chi connectivity index (χ0n) is 51.3. The van der Waals surface area contributed by atoms with Crippen LogP contribution in [0.15, 0.2) is 0 Å². The fraction of sp³-hybridized carbons (Fsp3) is 0.886. The van der Waals surface area contributed by atoms with Crippen molar-refractivity contribution in [1.82, 2.24) is 0 Å². The molecule has 16 heteroatoms. The second-order valence-corrected chi connectivity index (χ2v) is 24.2. The number of ether oxygens (including phenoxy) is 8. The van der Waals surface area contributed by atoms with Gasteiger partial charge in [0.15, 0.2) is 13.2 Å². The Morgan fingerprint density at radius 1 is 0.372 bits per heavy atom. The molecule has 0 aromatic heterocycles. The molecule has 0 spiro atoms. The molecule has 16 nitrogen and oxygen atoms in total. The van der Waals surface area contributed by atoms with Crippen molar-refractivity contribution in [2.45, 2.75) is 359 Å². The van der Waals surface area contributed by atoms with Gasteiger partial charge in [0.05, 0.1) is 35.5 Å². The first-order chi connectivity index (χ1) is 36.6. The van der Waals surface area contributed by atoms with E-state index in [4.69, 9.17) is 37.9 Å². The summed E-state index contributed by atoms with van der Waals surface area (Å²) in [4.78, 5) is 93.7. The standard InChI is InChI=1S/2C16H28O4.2C15H26O4.8CH4/c1-5-15(2,3)14(18)19-12-9-13(17)20-16(4)10-7-6-8-11-16;1-5-15(3,4)14(18)19-12-13(17)20-16(6-2)10-8-7-9-11-16;1-4-12(2)14(17)18-11-8-13(16)19-15(3)9-6-5-7-10-15;1-4-12(3)14(17)18-11-13(16)19-15(5-2)9-7-6-8-10-15;;;;;;;;/h2*5-12H2,1-4H3;2*12H,4-11H2,1-3H3;8*1H4. The highest BCUT2D eigenvalue weighted by Crippen LogP contribution is 2.37. The predicted molar refractivity (Wildman–Crippen MR) is 354 cm³/mol. The van der Waals surface area contributed by atoms with Crippen LogP contribution in [-0.2, 0) is 76.3 Å². The number of hydrogen-bond acceptors (Lipinski definition) is 16. The van der Waals surface area contributed by atoms with Crippen molar-refractivity contribution in [2.75, 3.05) is 26.4 Å². The molecule has 0 heterocycles. The Bertz CT molecular complexity index is 1810. The molecule has 516 valence electrons. The normalized spacial score (nSPS) is 17.2. The van der Waals surface area contributed by atoms with Gasteiger partial charge in [-0.1, -0.05) is 140 Å². The SMILES string of the molecule is C.C.C.C.C.C.C.C.CCC(C)(C)C(=O)OCCC(=O)OC1(C)CCCCC1.CCC(C)C(=O)OCC(=O)OC1(CC)CCCCC1.CCC(C)C(=O)OCCC(=O)OC1(C)CCCCC1.CCC1(OC(=O)COC(=O)C(C)(C)CC)CCCCC1. The molecule has 0 N–H and O–H groups in total. The second kappa shape index (κ2) is 49.6. The maximum atomic E-state index is 11.9. The first-order valence-corrected chi connectivity index (χ1v) is 30.2. The molecule has 86 heavy (non-hydrogen) atoms. The minimum atomic E-state index is -0.548. The number of hydrogen-bond donors (Lipinski definition) is 0. The van der Waals surface area contributed by atoms with Gasteiger partial charge >= 0.3 is 47.8 Å². The summed E-state index contributed by atoms with van der Waals surface area (Å²) in [5.41, 5.74) is -2.31. The molecule has 0 bridgehead atoms. The summed E-state index contributed by atoms with van der Waals surface area (Å²) in [6.07, 6.45) is 26.0. The Labute approximate surface area is 529 Å². The minimum absolute atomic E-state index is 0. The number of esters is 8. The molecule has 0 amide bonds. The quantitative estimate of drug-likeness (QED) is 0.0650. The van der Waals surface area contributed by atoms with Crippen LogP contribution in [-0.4, -0.2) is 96.6 Å². The Kier molecular flexibility index (Phi) is 56.5. The average molecular weight is 1240 g/mol. The summed E-state index contributed by atoms with van der Waals surface area (Å²) in [6.45, 7) is 26.4. The maximum Gasteiger partial charge on any atom is 0.344 e. The van der Waals surface area contributed by atoms with Gasteiger partial charge in [-0.15, -0.1) is 0 Å². The van der Waals surface area contributed by atoms with Crippen LogP contribution in [0.4, 0.5) is 0 Å². The van der Waals surface area contributed by atoms with Crippen molar-refractivity contribution in [3.8, 4) is 0 Å². The van der Waals surface area contributed by atoms with E-state index in [-0.39, 0.29) is 169 Å². The fourth-order valence-corrected chi connectivity index (χ4v) is 9.46. The lowest BCUT2D eigenvalue weighted by molar-refractivity contribution is -0.176. The van der Waals surface area contributed by atoms with E-state index in [9.17, 15) is 38.4 Å². The first-order valence-electron chi connectivity index (χ1n) is 30.2. The summed E-state index contributed by atoms with van der Waals surface area (Å²) in [5.74, 6) is -2.79. The van der Waals surface area contributed by atoms with Gasteiger partial charge in [0.2, 0.25) is 0 Å². The lowest BCUT2D eigenvalue weighted by atomic mass is 9.83. The van der Waals surface area contributed by atoms with E-state index in [0.29, 0.717) is 19.3 Å². The van der Waals surface area contributed by atoms with Gasteiger partial charge in [0, 0.05) is 0 Å². The van der Waals surface area contributed by atoms with Crippen molar-refractivity contribution >= 4 is 47.8 Å². The van der Waals surface area contributed by atoms with Crippen LogP contribution < -0.4 is 0 Å². The van der Waals surface area contributed by atoms with Crippen LogP contribution in [0.2, 0.25) is 0 Å². The highest BCUT2D eigenvalue weighted by atomic mass is 16.6. The third-order valence-electron chi connectivity index (χ3n) is 16.7. The molecular formula is C70H140O16. The van der Waals surface area contributed by atoms with E-state index in [2.05, 4.69) is 0 Å². The lowest BCUT2D eigenvalue weighted by Gasteiger charge is -2.36. The van der Waals surface area contributed by atoms with Crippen molar-refractivity contribution in [2.24, 2.45) is 22.7 Å². The van der Waals surface area contributed by atoms with E-state index in [1.54, 1.807) is 6.92 Å². The van der Waals surface area contributed by atoms with Crippen molar-refractivity contribution in [3.05, 3.63) is 0 Å². The highest BCUT2D eigenvalue weighted by Gasteiger charge is 2.37. The molecule has 0 aromatic rings. The van der Waals surface area contributed by atoms with Crippen LogP contribution >= 0.6 is 0 Å². The monoisotopic (exact) mass is 1240 g/mol. The van der Waals surface area contributed by atoms with Gasteiger partial charge in [0.1, 0.15) is 35.6 Å². The molecule has 0 radical (unpaired) electrons. The first kappa shape index (κ1) is 98.0. The Morgan fingerprint density at radius 3 is 0.953 bits per heavy atom. The second-order valence-electron chi connectivity index (χ2n) is 24.2. The third-order valence-corrected chi connectivity index (χ3v) is 16.7. The van der Waals surface area contributed by atoms with E-state index >= 15 is 0 Å². The molecule has 4 fully saturated rings. The predicted octanol–water partition coefficient (Wildman–Crippen LogP) is 18.8. The number of carbonyl (C=O) groups is 8. The Balaban J connectivity index is -0.000000153. The van der Waals surface area contributed by atoms with Gasteiger partial charge in [-0.2, -0.15) is 0 Å². The molecular weight excluding hydrogens is 1100 g/mol. The molecule has 0 aromatic carbocycles. The smallest absolute Gasteiger partial charge is 0.344 e. The van der Waals surface area contributed by atoms with Crippen molar-refractivity contribution in [3.63, 3.8) is 0 Å². The van der Waals surface area contributed by atoms with Gasteiger partial charge < -0.3 is 37.9 Å². The largest absolute Gasteiger partial charge is 0.465 e. The van der Waals surface area contributed by atoms with Crippen LogP contribution in [0.1, 0.15) is 336 Å². The summed E-state index contributed by atoms with van der Waals surface area (Å²) in [6, 6.07) is 0. The Hall–Kier alpha value is -4.24. The van der Waals surface area contributed by atoms with E-state index < -0.39 is 22.8 Å². The van der Waals surface area contributed by atoms with Gasteiger partial charge in [-0.25, -0.2) is 9.59 Å². The molecule has 4 aliphatic carbocycles. The number of rotatable bonds is 24. The molecule has 0 aliphatic heterocycles. The molecule has 0 saturated heterocycles. The third kappa shape index (κ3) is 38.2. The zero-order valence-corrected chi connectivity index (χ0v) is 51.3. The zero-order chi connectivity index (χ0) is 59.1. The molecule has 4 rings (SSSR count). The maximum absolute atomic E-state index is 11.9. The highest BCUT2D eigenvalue weighted by molar-refractivity contribution is 5.80. The van der Waals surface area contributed by atoms with Crippen LogP contribution in [0.3, 0.4) is 0 Å². The van der Waals surface area contributed by atoms with E-state index in [1.807, 2.05) is 90.0 Å². The molecule has 2 unspecified atom stereocenters. The van der Waals surface area contributed by atoms with Gasteiger partial charge in [-0.05, 0) is 183 Å². The van der Waals surface area contributed by atoms with Crippen LogP contribution in [0, 0.1) is 22.7 Å². The number of carbonyl (C=O) groups excluding carboxylic acids is 8. The van der Waals surface area contributed by atoms with Gasteiger partial charge in [-0.3, -0.25) is 28.8 Å². The fourth-order valence-electron chi connectivity index (χ4n) is 9.46. The summed E-state index contributed by atoms with van der Waals surface area (Å²) in [5, 5.41) is 0. The Morgan fingerprint density at radius 2 is 0.651 bits per heavy atom. The molecule has 2 atom stereocenters. The molecule has 4 saturated carbocycles. The van der Waals surface area contributed by atoms with Gasteiger partial charge in [0.25, 0.3) is 0 Å². The summed E-state index contributed by atoms with van der Waals surface area (Å²) < 4.78 is 42.5. The van der Waals surface area contributed by atoms with Crippen molar-refractivity contribution in [1.29, 1.82) is 0 Å². The van der Waals surface area contributed by atoms with Crippen LogP contribution in [0.5, 0.6) is 0 Å². The minimum Gasteiger partial charge on any atom is -0.465 e. The summed E-state index contributed by atoms with van der Waals surface area (Å²) >= 11 is 0. The lowest BCUT2D eigenvalue weighted by Crippen LogP contribution is -2.38. The van der Waals surface area contributed by atoms with E-state index in [0.717, 1.165) is 122 Å². The molecule has 4 aliphatic rings.